The van der Waals surface area contributed by atoms with Gasteiger partial charge in [-0.05, 0) is 31.7 Å². The molecule has 0 amide bonds. The second kappa shape index (κ2) is 5.83. The number of nitrogens with two attached hydrogens (primary N) is 1. The van der Waals surface area contributed by atoms with E-state index in [2.05, 4.69) is 24.9 Å². The maximum absolute atomic E-state index is 10.1. The van der Waals surface area contributed by atoms with Gasteiger partial charge in [0.1, 0.15) is 5.75 Å². The summed E-state index contributed by atoms with van der Waals surface area (Å²) in [5.41, 5.74) is 7.73. The van der Waals surface area contributed by atoms with E-state index in [0.29, 0.717) is 11.8 Å². The number of benzene rings is 1. The van der Waals surface area contributed by atoms with E-state index in [9.17, 15) is 5.11 Å². The fourth-order valence-electron chi connectivity index (χ4n) is 3.10. The molecule has 1 aromatic rings. The Kier molecular flexibility index (Phi) is 4.35. The quantitative estimate of drug-likeness (QED) is 0.877. The summed E-state index contributed by atoms with van der Waals surface area (Å²) >= 11 is 0. The van der Waals surface area contributed by atoms with Crippen molar-refractivity contribution in [1.29, 1.82) is 0 Å². The zero-order valence-corrected chi connectivity index (χ0v) is 12.3. The normalized spacial score (nSPS) is 25.1. The van der Waals surface area contributed by atoms with E-state index in [1.807, 2.05) is 19.1 Å². The van der Waals surface area contributed by atoms with Gasteiger partial charge in [0.25, 0.3) is 0 Å². The van der Waals surface area contributed by atoms with Gasteiger partial charge >= 0.3 is 0 Å². The predicted octanol–water partition coefficient (Wildman–Crippen LogP) is 3.43. The molecule has 3 atom stereocenters. The Labute approximate surface area is 116 Å². The molecule has 0 aromatic heterocycles. The van der Waals surface area contributed by atoms with Gasteiger partial charge in [0.2, 0.25) is 0 Å². The van der Waals surface area contributed by atoms with Gasteiger partial charge in [0.15, 0.2) is 0 Å². The fourth-order valence-corrected chi connectivity index (χ4v) is 3.10. The average molecular weight is 262 g/mol. The Morgan fingerprint density at radius 1 is 1.37 bits per heavy atom. The van der Waals surface area contributed by atoms with Crippen LogP contribution in [0.3, 0.4) is 0 Å². The first-order chi connectivity index (χ1) is 8.99. The summed E-state index contributed by atoms with van der Waals surface area (Å²) in [6, 6.07) is 6.31. The van der Waals surface area contributed by atoms with Crippen LogP contribution in [0.2, 0.25) is 0 Å². The third-order valence-electron chi connectivity index (χ3n) is 4.37. The fraction of sp³-hybridized carbons (Fsp3) is 0.625. The molecule has 19 heavy (non-hydrogen) atoms. The second-order valence-corrected chi connectivity index (χ2v) is 6.07. The van der Waals surface area contributed by atoms with Crippen molar-refractivity contribution in [3.8, 4) is 5.75 Å². The highest BCUT2D eigenvalue weighted by Crippen LogP contribution is 2.32. The second-order valence-electron chi connectivity index (χ2n) is 6.07. The third-order valence-corrected chi connectivity index (χ3v) is 4.37. The lowest BCUT2D eigenvalue weighted by Crippen LogP contribution is -2.35. The maximum atomic E-state index is 10.1. The molecule has 0 bridgehead atoms. The van der Waals surface area contributed by atoms with E-state index in [-0.39, 0.29) is 6.04 Å². The van der Waals surface area contributed by atoms with Crippen LogP contribution in [0.4, 0.5) is 5.69 Å². The van der Waals surface area contributed by atoms with Crippen LogP contribution in [0.25, 0.3) is 0 Å². The Bertz CT molecular complexity index is 431. The lowest BCUT2D eigenvalue weighted by Gasteiger charge is -2.35. The molecule has 0 radical (unpaired) electrons. The zero-order valence-electron chi connectivity index (χ0n) is 12.3. The SMILES string of the molecule is CC1CCCC(N(C)c2ccc(C(C)N)c(O)c2)C1. The van der Waals surface area contributed by atoms with Crippen LogP contribution >= 0.6 is 0 Å². The average Bonchev–Trinajstić information content (AvgIpc) is 2.37. The van der Waals surface area contributed by atoms with E-state index < -0.39 is 0 Å². The number of hydrogen-bond acceptors (Lipinski definition) is 3. The first-order valence-corrected chi connectivity index (χ1v) is 7.30. The summed E-state index contributed by atoms with van der Waals surface area (Å²) in [5.74, 6) is 1.11. The van der Waals surface area contributed by atoms with Gasteiger partial charge in [-0.1, -0.05) is 25.8 Å². The highest BCUT2D eigenvalue weighted by molar-refractivity contribution is 5.54. The zero-order chi connectivity index (χ0) is 14.0. The molecule has 2 rings (SSSR count). The molecule has 3 unspecified atom stereocenters. The molecule has 1 saturated carbocycles. The number of aromatic hydroxyl groups is 1. The minimum absolute atomic E-state index is 0.131. The topological polar surface area (TPSA) is 49.5 Å². The molecule has 1 aliphatic carbocycles. The Hall–Kier alpha value is -1.22. The largest absolute Gasteiger partial charge is 0.508 e. The van der Waals surface area contributed by atoms with Crippen molar-refractivity contribution in [2.75, 3.05) is 11.9 Å². The van der Waals surface area contributed by atoms with Gasteiger partial charge in [-0.3, -0.25) is 0 Å². The van der Waals surface area contributed by atoms with E-state index in [1.54, 1.807) is 0 Å². The highest BCUT2D eigenvalue weighted by Gasteiger charge is 2.23. The molecule has 0 heterocycles. The van der Waals surface area contributed by atoms with Crippen LogP contribution in [0.5, 0.6) is 5.75 Å². The molecule has 106 valence electrons. The van der Waals surface area contributed by atoms with E-state index in [0.717, 1.165) is 17.2 Å². The van der Waals surface area contributed by atoms with Crippen molar-refractivity contribution in [1.82, 2.24) is 0 Å². The molecule has 1 aromatic carbocycles. The molecule has 1 aliphatic rings. The van der Waals surface area contributed by atoms with Crippen molar-refractivity contribution in [3.63, 3.8) is 0 Å². The number of hydrogen-bond donors (Lipinski definition) is 2. The molecule has 3 N–H and O–H groups in total. The molecule has 3 heteroatoms. The van der Waals surface area contributed by atoms with Crippen LogP contribution in [0.1, 0.15) is 51.1 Å². The van der Waals surface area contributed by atoms with Gasteiger partial charge in [-0.2, -0.15) is 0 Å². The number of anilines is 1. The van der Waals surface area contributed by atoms with Crippen LogP contribution in [0.15, 0.2) is 18.2 Å². The van der Waals surface area contributed by atoms with E-state index in [1.165, 1.54) is 25.7 Å². The van der Waals surface area contributed by atoms with Gasteiger partial charge in [-0.25, -0.2) is 0 Å². The minimum atomic E-state index is -0.131. The highest BCUT2D eigenvalue weighted by atomic mass is 16.3. The Morgan fingerprint density at radius 3 is 2.68 bits per heavy atom. The van der Waals surface area contributed by atoms with Crippen LogP contribution in [-0.4, -0.2) is 18.2 Å². The van der Waals surface area contributed by atoms with Crippen LogP contribution in [0, 0.1) is 5.92 Å². The molecule has 3 nitrogen and oxygen atoms in total. The third kappa shape index (κ3) is 3.21. The molecule has 0 saturated heterocycles. The van der Waals surface area contributed by atoms with E-state index in [4.69, 9.17) is 5.73 Å². The lowest BCUT2D eigenvalue weighted by molar-refractivity contribution is 0.336. The molecule has 0 aliphatic heterocycles. The Morgan fingerprint density at radius 2 is 2.11 bits per heavy atom. The molecule has 0 spiro atoms. The number of phenolic OH excluding ortho intramolecular Hbond substituents is 1. The maximum Gasteiger partial charge on any atom is 0.122 e. The van der Waals surface area contributed by atoms with Crippen molar-refractivity contribution in [3.05, 3.63) is 23.8 Å². The summed E-state index contributed by atoms with van der Waals surface area (Å²) in [6.07, 6.45) is 5.14. The monoisotopic (exact) mass is 262 g/mol. The minimum Gasteiger partial charge on any atom is -0.508 e. The van der Waals surface area contributed by atoms with Crippen molar-refractivity contribution in [2.45, 2.75) is 51.6 Å². The summed E-state index contributed by atoms with van der Waals surface area (Å²) < 4.78 is 0. The van der Waals surface area contributed by atoms with Crippen LogP contribution < -0.4 is 10.6 Å². The summed E-state index contributed by atoms with van der Waals surface area (Å²) in [6.45, 7) is 4.22. The number of phenols is 1. The van der Waals surface area contributed by atoms with Gasteiger partial charge in [-0.15, -0.1) is 0 Å². The van der Waals surface area contributed by atoms with Crippen molar-refractivity contribution >= 4 is 5.69 Å². The lowest BCUT2D eigenvalue weighted by atomic mass is 9.86. The molecule has 1 fully saturated rings. The standard InChI is InChI=1S/C16H26N2O/c1-11-5-4-6-13(9-11)18(3)14-7-8-15(12(2)17)16(19)10-14/h7-8,10-13,19H,4-6,9,17H2,1-3H3. The summed E-state index contributed by atoms with van der Waals surface area (Å²) in [7, 11) is 2.13. The number of rotatable bonds is 3. The van der Waals surface area contributed by atoms with Gasteiger partial charge < -0.3 is 15.7 Å². The predicted molar refractivity (Wildman–Crippen MR) is 80.5 cm³/mol. The van der Waals surface area contributed by atoms with Crippen LogP contribution in [-0.2, 0) is 0 Å². The number of nitrogens with zero attached hydrogens (tertiary/aromatic N) is 1. The smallest absolute Gasteiger partial charge is 0.122 e. The first-order valence-electron chi connectivity index (χ1n) is 7.30. The Balaban J connectivity index is 2.15. The van der Waals surface area contributed by atoms with Gasteiger partial charge in [0.05, 0.1) is 0 Å². The summed E-state index contributed by atoms with van der Waals surface area (Å²) in [4.78, 5) is 2.31. The van der Waals surface area contributed by atoms with Crippen molar-refractivity contribution < 1.29 is 5.11 Å². The van der Waals surface area contributed by atoms with Crippen molar-refractivity contribution in [2.24, 2.45) is 11.7 Å². The molecular formula is C16H26N2O. The van der Waals surface area contributed by atoms with Gasteiger partial charge in [0, 0.05) is 36.4 Å². The molecular weight excluding hydrogens is 236 g/mol. The summed E-state index contributed by atoms with van der Waals surface area (Å²) in [5, 5.41) is 10.1. The van der Waals surface area contributed by atoms with E-state index >= 15 is 0 Å². The first kappa shape index (κ1) is 14.2.